The minimum absolute atomic E-state index is 0.129. The fourth-order valence-corrected chi connectivity index (χ4v) is 0.996. The predicted octanol–water partition coefficient (Wildman–Crippen LogP) is -1.68. The van der Waals surface area contributed by atoms with E-state index in [1.54, 1.807) is 0 Å². The van der Waals surface area contributed by atoms with Gasteiger partial charge in [0.15, 0.2) is 5.69 Å². The standard InChI is InChI=1S/C6H11N5O/c7-3-1-4(8)6(11(10)12)5(9)2-3/h1-2,11H,7-10H2. The quantitative estimate of drug-likeness (QED) is 0.195. The highest BCUT2D eigenvalue weighted by Crippen LogP contribution is 2.24. The Morgan fingerprint density at radius 1 is 1.08 bits per heavy atom. The summed E-state index contributed by atoms with van der Waals surface area (Å²) in [7, 11) is 0. The fourth-order valence-electron chi connectivity index (χ4n) is 0.996. The predicted molar refractivity (Wildman–Crippen MR) is 47.9 cm³/mol. The molecule has 1 unspecified atom stereocenters. The molecule has 0 aliphatic heterocycles. The number of nitrogens with one attached hydrogen (secondary N) is 1. The summed E-state index contributed by atoms with van der Waals surface area (Å²) in [6.07, 6.45) is 0. The van der Waals surface area contributed by atoms with E-state index in [4.69, 9.17) is 23.0 Å². The van der Waals surface area contributed by atoms with Gasteiger partial charge in [-0.05, 0) is 12.1 Å². The van der Waals surface area contributed by atoms with Crippen molar-refractivity contribution < 1.29 is 5.17 Å². The third-order valence-electron chi connectivity index (χ3n) is 1.47. The van der Waals surface area contributed by atoms with Crippen LogP contribution in [-0.4, -0.2) is 0 Å². The van der Waals surface area contributed by atoms with Crippen LogP contribution in [-0.2, 0) is 0 Å². The molecule has 6 nitrogen and oxygen atoms in total. The summed E-state index contributed by atoms with van der Waals surface area (Å²) in [5, 5.41) is 10.1. The van der Waals surface area contributed by atoms with Gasteiger partial charge in [0.05, 0.1) is 11.4 Å². The maximum atomic E-state index is 10.8. The Hall–Kier alpha value is -1.50. The van der Waals surface area contributed by atoms with Crippen LogP contribution >= 0.6 is 0 Å². The normalized spacial score (nSPS) is 12.8. The topological polar surface area (TPSA) is 132 Å². The Morgan fingerprint density at radius 2 is 1.50 bits per heavy atom. The average Bonchev–Trinajstić information content (AvgIpc) is 1.82. The summed E-state index contributed by atoms with van der Waals surface area (Å²) in [6.45, 7) is 0. The van der Waals surface area contributed by atoms with Crippen molar-refractivity contribution in [1.29, 1.82) is 0 Å². The van der Waals surface area contributed by atoms with Crippen LogP contribution in [0.2, 0.25) is 0 Å². The van der Waals surface area contributed by atoms with Gasteiger partial charge in [-0.1, -0.05) is 0 Å². The number of nitrogens with two attached hydrogens (primary N) is 4. The molecule has 0 spiro atoms. The van der Waals surface area contributed by atoms with E-state index in [1.807, 2.05) is 0 Å². The number of nitrogen functional groups attached to an aromatic ring is 4. The van der Waals surface area contributed by atoms with Crippen LogP contribution in [0.4, 0.5) is 22.7 Å². The molecule has 6 heteroatoms. The third kappa shape index (κ3) is 1.40. The molecule has 0 bridgehead atoms. The molecule has 1 atom stereocenters. The van der Waals surface area contributed by atoms with Gasteiger partial charge in [-0.15, -0.1) is 0 Å². The fraction of sp³-hybridized carbons (Fsp3) is 0. The van der Waals surface area contributed by atoms with Crippen LogP contribution < -0.4 is 28.2 Å². The number of quaternary nitrogens is 1. The molecule has 0 aliphatic carbocycles. The molecule has 1 aromatic rings. The van der Waals surface area contributed by atoms with Crippen LogP contribution in [0.5, 0.6) is 0 Å². The van der Waals surface area contributed by atoms with Crippen molar-refractivity contribution in [2.24, 2.45) is 5.84 Å². The van der Waals surface area contributed by atoms with Crippen molar-refractivity contribution in [3.05, 3.63) is 17.3 Å². The number of hydrogen-bond acceptors (Lipinski definition) is 5. The number of hydrogen-bond donors (Lipinski definition) is 5. The molecule has 12 heavy (non-hydrogen) atoms. The Labute approximate surface area is 69.3 Å². The zero-order valence-corrected chi connectivity index (χ0v) is 6.37. The Kier molecular flexibility index (Phi) is 2.05. The van der Waals surface area contributed by atoms with E-state index in [2.05, 4.69) is 0 Å². The SMILES string of the molecule is Nc1cc(N)c([NH+](N)[O-])c(N)c1. The van der Waals surface area contributed by atoms with Gasteiger partial charge in [0, 0.05) is 5.69 Å². The largest absolute Gasteiger partial charge is 0.608 e. The van der Waals surface area contributed by atoms with Crippen LogP contribution in [0.25, 0.3) is 0 Å². The second kappa shape index (κ2) is 2.86. The van der Waals surface area contributed by atoms with Crippen molar-refractivity contribution in [1.82, 2.24) is 0 Å². The number of anilines is 3. The van der Waals surface area contributed by atoms with E-state index >= 15 is 0 Å². The van der Waals surface area contributed by atoms with E-state index in [0.29, 0.717) is 5.69 Å². The van der Waals surface area contributed by atoms with Crippen LogP contribution in [0.3, 0.4) is 0 Å². The lowest BCUT2D eigenvalue weighted by Gasteiger charge is -2.18. The second-order valence-electron chi connectivity index (χ2n) is 2.44. The maximum Gasteiger partial charge on any atom is 0.196 e. The molecule has 0 aliphatic rings. The van der Waals surface area contributed by atoms with Crippen molar-refractivity contribution in [3.63, 3.8) is 0 Å². The first-order valence-corrected chi connectivity index (χ1v) is 3.26. The second-order valence-corrected chi connectivity index (χ2v) is 2.44. The van der Waals surface area contributed by atoms with Crippen LogP contribution in [0.1, 0.15) is 0 Å². The summed E-state index contributed by atoms with van der Waals surface area (Å²) in [6, 6.07) is 2.88. The van der Waals surface area contributed by atoms with Gasteiger partial charge in [-0.2, -0.15) is 5.84 Å². The summed E-state index contributed by atoms with van der Waals surface area (Å²) >= 11 is 0. The van der Waals surface area contributed by atoms with Crippen LogP contribution in [0.15, 0.2) is 12.1 Å². The molecule has 9 N–H and O–H groups in total. The lowest BCUT2D eigenvalue weighted by atomic mass is 10.2. The molecule has 0 radical (unpaired) electrons. The van der Waals surface area contributed by atoms with Crippen molar-refractivity contribution in [2.45, 2.75) is 0 Å². The third-order valence-corrected chi connectivity index (χ3v) is 1.47. The monoisotopic (exact) mass is 169 g/mol. The molecule has 0 saturated carbocycles. The maximum absolute atomic E-state index is 10.8. The van der Waals surface area contributed by atoms with Crippen LogP contribution in [0, 0.1) is 5.21 Å². The zero-order valence-electron chi connectivity index (χ0n) is 6.37. The van der Waals surface area contributed by atoms with Gasteiger partial charge < -0.3 is 22.4 Å². The van der Waals surface area contributed by atoms with E-state index in [-0.39, 0.29) is 17.1 Å². The molecule has 66 valence electrons. The van der Waals surface area contributed by atoms with Gasteiger partial charge in [0.1, 0.15) is 0 Å². The van der Waals surface area contributed by atoms with Gasteiger partial charge >= 0.3 is 0 Å². The number of benzene rings is 1. The summed E-state index contributed by atoms with van der Waals surface area (Å²) in [5.41, 5.74) is 17.3. The molecule has 0 heterocycles. The van der Waals surface area contributed by atoms with Crippen molar-refractivity contribution in [3.8, 4) is 0 Å². The van der Waals surface area contributed by atoms with Gasteiger partial charge in [-0.3, -0.25) is 5.17 Å². The highest BCUT2D eigenvalue weighted by atomic mass is 16.5. The lowest BCUT2D eigenvalue weighted by molar-refractivity contribution is -0.788. The minimum atomic E-state index is -0.648. The van der Waals surface area contributed by atoms with E-state index < -0.39 is 5.17 Å². The minimum Gasteiger partial charge on any atom is -0.608 e. The molecular formula is C6H11N5O. The van der Waals surface area contributed by atoms with E-state index in [0.717, 1.165) is 0 Å². The lowest BCUT2D eigenvalue weighted by Crippen LogP contribution is -3.08. The highest BCUT2D eigenvalue weighted by molar-refractivity contribution is 5.77. The molecule has 0 fully saturated rings. The molecule has 0 amide bonds. The Morgan fingerprint density at radius 3 is 1.83 bits per heavy atom. The summed E-state index contributed by atoms with van der Waals surface area (Å²) < 4.78 is 0. The number of rotatable bonds is 1. The molecule has 0 aromatic heterocycles. The van der Waals surface area contributed by atoms with E-state index in [9.17, 15) is 5.21 Å². The molecule has 1 aromatic carbocycles. The Bertz CT molecular complexity index is 275. The smallest absolute Gasteiger partial charge is 0.196 e. The van der Waals surface area contributed by atoms with Gasteiger partial charge in [0.2, 0.25) is 0 Å². The van der Waals surface area contributed by atoms with Crippen molar-refractivity contribution >= 4 is 22.7 Å². The van der Waals surface area contributed by atoms with Crippen molar-refractivity contribution in [2.75, 3.05) is 17.2 Å². The van der Waals surface area contributed by atoms with Gasteiger partial charge in [-0.25, -0.2) is 0 Å². The first kappa shape index (κ1) is 8.60. The molecule has 0 saturated heterocycles. The highest BCUT2D eigenvalue weighted by Gasteiger charge is 2.10. The average molecular weight is 169 g/mol. The van der Waals surface area contributed by atoms with E-state index in [1.165, 1.54) is 12.1 Å². The molecule has 1 rings (SSSR count). The zero-order chi connectivity index (χ0) is 9.30. The first-order chi connectivity index (χ1) is 5.52. The summed E-state index contributed by atoms with van der Waals surface area (Å²) in [4.78, 5) is 0. The first-order valence-electron chi connectivity index (χ1n) is 3.26. The van der Waals surface area contributed by atoms with Gasteiger partial charge in [0.25, 0.3) is 0 Å². The summed E-state index contributed by atoms with van der Waals surface area (Å²) in [5.74, 6) is 5.03. The molecular weight excluding hydrogens is 158 g/mol. The Balaban J connectivity index is 3.28.